The van der Waals surface area contributed by atoms with Crippen molar-refractivity contribution in [2.24, 2.45) is 0 Å². The number of alkyl carbamates (subject to hydrolysis) is 2. The maximum Gasteiger partial charge on any atom is 0.407 e. The van der Waals surface area contributed by atoms with Gasteiger partial charge in [-0.25, -0.2) is 14.4 Å². The fourth-order valence-corrected chi connectivity index (χ4v) is 2.89. The molecule has 0 aromatic rings. The molecule has 212 valence electrons. The van der Waals surface area contributed by atoms with Crippen LogP contribution in [-0.4, -0.2) is 93.9 Å². The van der Waals surface area contributed by atoms with E-state index in [4.69, 9.17) is 30.3 Å². The van der Waals surface area contributed by atoms with E-state index in [1.54, 1.807) is 0 Å². The summed E-state index contributed by atoms with van der Waals surface area (Å²) in [5, 5.41) is 46.9. The molecule has 0 saturated carbocycles. The molecule has 0 aromatic heterocycles. The average Bonchev–Trinajstić information content (AvgIpc) is 2.80. The van der Waals surface area contributed by atoms with Gasteiger partial charge in [0.2, 0.25) is 0 Å². The third-order valence-electron chi connectivity index (χ3n) is 4.74. The van der Waals surface area contributed by atoms with Crippen LogP contribution in [0, 0.1) is 0 Å². The number of amides is 2. The quantitative estimate of drug-likeness (QED) is 0.0746. The lowest BCUT2D eigenvalue weighted by Gasteiger charge is -2.14. The zero-order valence-corrected chi connectivity index (χ0v) is 20.4. The number of aliphatic carboxylic acids is 1. The molecule has 0 fully saturated rings. The first-order chi connectivity index (χ1) is 17.2. The van der Waals surface area contributed by atoms with E-state index >= 15 is 0 Å². The second kappa shape index (κ2) is 23.1. The zero-order valence-electron chi connectivity index (χ0n) is 20.4. The van der Waals surface area contributed by atoms with Crippen molar-refractivity contribution in [3.8, 4) is 0 Å². The first kappa shape index (κ1) is 33.7. The number of nitrogens with one attached hydrogen (secondary N) is 2. The van der Waals surface area contributed by atoms with Crippen LogP contribution in [0.15, 0.2) is 0 Å². The van der Waals surface area contributed by atoms with Gasteiger partial charge < -0.3 is 25.2 Å². The predicted molar refractivity (Wildman–Crippen MR) is 119 cm³/mol. The lowest BCUT2D eigenvalue weighted by atomic mass is 10.1. The molecule has 0 saturated heterocycles. The Morgan fingerprint density at radius 2 is 1.11 bits per heavy atom. The zero-order chi connectivity index (χ0) is 27.0. The van der Waals surface area contributed by atoms with E-state index in [1.165, 1.54) is 0 Å². The highest BCUT2D eigenvalue weighted by Gasteiger charge is 2.20. The Bertz CT molecular complexity index is 583. The molecule has 0 aliphatic rings. The van der Waals surface area contributed by atoms with Crippen molar-refractivity contribution in [2.75, 3.05) is 33.0 Å². The molecule has 0 aliphatic heterocycles. The normalized spacial score (nSPS) is 11.9. The summed E-state index contributed by atoms with van der Waals surface area (Å²) in [6.07, 6.45) is 5.17. The summed E-state index contributed by atoms with van der Waals surface area (Å²) in [5.74, 6) is -1.18. The van der Waals surface area contributed by atoms with Crippen LogP contribution in [0.3, 0.4) is 0 Å². The van der Waals surface area contributed by atoms with Crippen LogP contribution in [-0.2, 0) is 23.9 Å². The van der Waals surface area contributed by atoms with Crippen molar-refractivity contribution in [1.82, 2.24) is 21.4 Å². The standard InChI is InChI=1S/C20H40N4O12/c25-18(26)17(22-20(28)34-14-8-2-4-10-16-36-24(31)32)11-5-6-12-21-19(27)33-13-7-1-3-9-15-35-23(29)30/h17,29-32H,1-16H2,(H,21,27)(H,22,28)(H,25,26). The van der Waals surface area contributed by atoms with E-state index in [-0.39, 0.29) is 43.6 Å². The van der Waals surface area contributed by atoms with Crippen LogP contribution in [0.25, 0.3) is 0 Å². The van der Waals surface area contributed by atoms with Crippen LogP contribution < -0.4 is 10.6 Å². The molecular formula is C20H40N4O12. The van der Waals surface area contributed by atoms with Crippen molar-refractivity contribution in [3.63, 3.8) is 0 Å². The second-order valence-electron chi connectivity index (χ2n) is 7.73. The molecular weight excluding hydrogens is 488 g/mol. The van der Waals surface area contributed by atoms with Gasteiger partial charge in [0.15, 0.2) is 0 Å². The molecule has 0 heterocycles. The van der Waals surface area contributed by atoms with E-state index in [2.05, 4.69) is 20.3 Å². The Balaban J connectivity index is 3.72. The molecule has 1 unspecified atom stereocenters. The lowest BCUT2D eigenvalue weighted by molar-refractivity contribution is -0.492. The highest BCUT2D eigenvalue weighted by atomic mass is 17.1. The van der Waals surface area contributed by atoms with Gasteiger partial charge in [0.25, 0.3) is 0 Å². The summed E-state index contributed by atoms with van der Waals surface area (Å²) < 4.78 is 10.00. The van der Waals surface area contributed by atoms with Gasteiger partial charge in [-0.2, -0.15) is 0 Å². The highest BCUT2D eigenvalue weighted by molar-refractivity contribution is 5.79. The van der Waals surface area contributed by atoms with Crippen LogP contribution in [0.4, 0.5) is 9.59 Å². The van der Waals surface area contributed by atoms with Crippen molar-refractivity contribution < 1.29 is 59.5 Å². The van der Waals surface area contributed by atoms with Crippen LogP contribution in [0.5, 0.6) is 0 Å². The summed E-state index contributed by atoms with van der Waals surface area (Å²) in [6, 6.07) is -1.11. The molecule has 1 atom stereocenters. The molecule has 36 heavy (non-hydrogen) atoms. The second-order valence-corrected chi connectivity index (χ2v) is 7.73. The molecule has 16 nitrogen and oxygen atoms in total. The number of nitrogens with zero attached hydrogens (tertiary/aromatic N) is 2. The summed E-state index contributed by atoms with van der Waals surface area (Å²) in [6.45, 7) is 0.974. The Hall–Kier alpha value is -2.31. The van der Waals surface area contributed by atoms with Gasteiger partial charge in [-0.3, -0.25) is 30.5 Å². The summed E-state index contributed by atoms with van der Waals surface area (Å²) in [7, 11) is 0. The minimum atomic E-state index is -1.18. The summed E-state index contributed by atoms with van der Waals surface area (Å²) >= 11 is 0. The molecule has 16 heteroatoms. The van der Waals surface area contributed by atoms with E-state index in [0.29, 0.717) is 45.1 Å². The van der Waals surface area contributed by atoms with Gasteiger partial charge in [-0.15, -0.1) is 0 Å². The highest BCUT2D eigenvalue weighted by Crippen LogP contribution is 2.04. The Labute approximate surface area is 209 Å². The van der Waals surface area contributed by atoms with Gasteiger partial charge in [0, 0.05) is 6.54 Å². The monoisotopic (exact) mass is 528 g/mol. The number of unbranched alkanes of at least 4 members (excludes halogenated alkanes) is 7. The number of carbonyl (C=O) groups is 3. The van der Waals surface area contributed by atoms with Crippen LogP contribution in [0.1, 0.15) is 70.6 Å². The van der Waals surface area contributed by atoms with Crippen molar-refractivity contribution in [2.45, 2.75) is 76.7 Å². The number of carboxylic acid groups (broad SMARTS) is 1. The molecule has 0 bridgehead atoms. The molecule has 7 N–H and O–H groups in total. The Morgan fingerprint density at radius 1 is 0.639 bits per heavy atom. The van der Waals surface area contributed by atoms with Gasteiger partial charge in [-0.1, -0.05) is 12.8 Å². The fraction of sp³-hybridized carbons (Fsp3) is 0.850. The summed E-state index contributed by atoms with van der Waals surface area (Å²) in [5.41, 5.74) is 0. The van der Waals surface area contributed by atoms with Gasteiger partial charge in [0.05, 0.1) is 37.2 Å². The first-order valence-electron chi connectivity index (χ1n) is 11.9. The first-order valence-corrected chi connectivity index (χ1v) is 11.9. The molecule has 0 aromatic carbocycles. The van der Waals surface area contributed by atoms with Crippen LogP contribution >= 0.6 is 0 Å². The average molecular weight is 529 g/mol. The topological polar surface area (TPSA) is 220 Å². The maximum atomic E-state index is 11.8. The fourth-order valence-electron chi connectivity index (χ4n) is 2.89. The van der Waals surface area contributed by atoms with Gasteiger partial charge >= 0.3 is 18.2 Å². The number of carbonyl (C=O) groups excluding carboxylic acids is 2. The van der Waals surface area contributed by atoms with E-state index < -0.39 is 24.2 Å². The van der Waals surface area contributed by atoms with Crippen molar-refractivity contribution in [1.29, 1.82) is 0 Å². The SMILES string of the molecule is O=C(NCCCCC(NC(=O)OCCCCCCON(O)O)C(=O)O)OCCCCCCON(O)O. The molecule has 0 radical (unpaired) electrons. The largest absolute Gasteiger partial charge is 0.480 e. The van der Waals surface area contributed by atoms with E-state index in [9.17, 15) is 19.5 Å². The number of hydrogen-bond donors (Lipinski definition) is 7. The van der Waals surface area contributed by atoms with Gasteiger partial charge in [-0.05, 0) is 57.8 Å². The Kier molecular flexibility index (Phi) is 21.6. The lowest BCUT2D eigenvalue weighted by Crippen LogP contribution is -2.41. The third kappa shape index (κ3) is 23.4. The smallest absolute Gasteiger partial charge is 0.407 e. The third-order valence-corrected chi connectivity index (χ3v) is 4.74. The Morgan fingerprint density at radius 3 is 1.58 bits per heavy atom. The van der Waals surface area contributed by atoms with Gasteiger partial charge in [0.1, 0.15) is 6.04 Å². The molecule has 0 spiro atoms. The van der Waals surface area contributed by atoms with Crippen molar-refractivity contribution in [3.05, 3.63) is 0 Å². The summed E-state index contributed by atoms with van der Waals surface area (Å²) in [4.78, 5) is 43.6. The van der Waals surface area contributed by atoms with E-state index in [0.717, 1.165) is 25.7 Å². The molecule has 0 aliphatic carbocycles. The van der Waals surface area contributed by atoms with Crippen molar-refractivity contribution >= 4 is 18.2 Å². The minimum Gasteiger partial charge on any atom is -0.480 e. The van der Waals surface area contributed by atoms with E-state index in [1.807, 2.05) is 0 Å². The number of ether oxygens (including phenoxy) is 2. The minimum absolute atomic E-state index is 0.123. The molecule has 0 rings (SSSR count). The number of rotatable bonds is 23. The van der Waals surface area contributed by atoms with Crippen LogP contribution in [0.2, 0.25) is 0 Å². The predicted octanol–water partition coefficient (Wildman–Crippen LogP) is 2.21. The number of carboxylic acids is 1. The maximum absolute atomic E-state index is 11.8. The number of hydrogen-bond acceptors (Lipinski definition) is 13. The molecule has 2 amide bonds.